The number of benzene rings is 1. The molecule has 0 radical (unpaired) electrons. The summed E-state index contributed by atoms with van der Waals surface area (Å²) < 4.78 is 18.9. The van der Waals surface area contributed by atoms with Crippen molar-refractivity contribution in [3.05, 3.63) is 58.8 Å². The summed E-state index contributed by atoms with van der Waals surface area (Å²) in [6, 6.07) is 7.62. The zero-order valence-corrected chi connectivity index (χ0v) is 14.3. The molecule has 25 heavy (non-hydrogen) atoms. The normalized spacial score (nSPS) is 15.2. The van der Waals surface area contributed by atoms with Crippen molar-refractivity contribution in [2.45, 2.75) is 25.3 Å². The SMILES string of the molecule is O=C(Cc1c(F)cccc1Cl)NC1CCN(C(=O)c2ccco2)CC1. The fourth-order valence-electron chi connectivity index (χ4n) is 2.92. The van der Waals surface area contributed by atoms with Crippen LogP contribution in [0.5, 0.6) is 0 Å². The Morgan fingerprint density at radius 3 is 2.64 bits per heavy atom. The van der Waals surface area contributed by atoms with E-state index in [0.29, 0.717) is 31.7 Å². The van der Waals surface area contributed by atoms with Gasteiger partial charge < -0.3 is 14.6 Å². The predicted octanol–water partition coefficient (Wildman–Crippen LogP) is 3.04. The number of hydrogen-bond donors (Lipinski definition) is 1. The van der Waals surface area contributed by atoms with E-state index in [4.69, 9.17) is 16.0 Å². The van der Waals surface area contributed by atoms with E-state index >= 15 is 0 Å². The second-order valence-corrected chi connectivity index (χ2v) is 6.40. The number of rotatable bonds is 4. The summed E-state index contributed by atoms with van der Waals surface area (Å²) in [4.78, 5) is 26.1. The van der Waals surface area contributed by atoms with Crippen molar-refractivity contribution in [1.29, 1.82) is 0 Å². The van der Waals surface area contributed by atoms with Gasteiger partial charge in [-0.15, -0.1) is 0 Å². The number of amides is 2. The van der Waals surface area contributed by atoms with E-state index in [1.54, 1.807) is 23.1 Å². The summed E-state index contributed by atoms with van der Waals surface area (Å²) in [5.41, 5.74) is 0.201. The molecule has 0 atom stereocenters. The van der Waals surface area contributed by atoms with Gasteiger partial charge in [0.1, 0.15) is 5.82 Å². The van der Waals surface area contributed by atoms with E-state index in [0.717, 1.165) is 0 Å². The smallest absolute Gasteiger partial charge is 0.289 e. The highest BCUT2D eigenvalue weighted by atomic mass is 35.5. The van der Waals surface area contributed by atoms with Crippen molar-refractivity contribution < 1.29 is 18.4 Å². The van der Waals surface area contributed by atoms with Crippen LogP contribution in [0, 0.1) is 5.82 Å². The van der Waals surface area contributed by atoms with Crippen LogP contribution < -0.4 is 5.32 Å². The van der Waals surface area contributed by atoms with Gasteiger partial charge in [0, 0.05) is 29.7 Å². The van der Waals surface area contributed by atoms with E-state index in [1.165, 1.54) is 18.4 Å². The van der Waals surface area contributed by atoms with Crippen LogP contribution in [0.2, 0.25) is 5.02 Å². The Labute approximate surface area is 149 Å². The summed E-state index contributed by atoms with van der Waals surface area (Å²) in [6.45, 7) is 1.07. The quantitative estimate of drug-likeness (QED) is 0.907. The molecule has 0 aliphatic carbocycles. The van der Waals surface area contributed by atoms with Gasteiger partial charge in [-0.25, -0.2) is 4.39 Å². The first-order valence-electron chi connectivity index (χ1n) is 8.09. The van der Waals surface area contributed by atoms with E-state index < -0.39 is 5.82 Å². The number of carbonyl (C=O) groups excluding carboxylic acids is 2. The topological polar surface area (TPSA) is 62.6 Å². The standard InChI is InChI=1S/C18H18ClFN2O3/c19-14-3-1-4-15(20)13(14)11-17(23)21-12-6-8-22(9-7-12)18(24)16-5-2-10-25-16/h1-5,10,12H,6-9,11H2,(H,21,23). The second-order valence-electron chi connectivity index (χ2n) is 5.99. The number of nitrogens with zero attached hydrogens (tertiary/aromatic N) is 1. The number of halogens is 2. The van der Waals surface area contributed by atoms with Gasteiger partial charge in [0.25, 0.3) is 5.91 Å². The molecule has 0 unspecified atom stereocenters. The Morgan fingerprint density at radius 1 is 1.24 bits per heavy atom. The highest BCUT2D eigenvalue weighted by molar-refractivity contribution is 6.31. The number of hydrogen-bond acceptors (Lipinski definition) is 3. The van der Waals surface area contributed by atoms with Gasteiger partial charge in [-0.05, 0) is 37.1 Å². The lowest BCUT2D eigenvalue weighted by Crippen LogP contribution is -2.46. The molecule has 0 bridgehead atoms. The largest absolute Gasteiger partial charge is 0.459 e. The Kier molecular flexibility index (Phi) is 5.38. The molecule has 2 heterocycles. The monoisotopic (exact) mass is 364 g/mol. The lowest BCUT2D eigenvalue weighted by Gasteiger charge is -2.32. The fraction of sp³-hybridized carbons (Fsp3) is 0.333. The van der Waals surface area contributed by atoms with Crippen molar-refractivity contribution in [2.75, 3.05) is 13.1 Å². The molecule has 0 saturated carbocycles. The van der Waals surface area contributed by atoms with Gasteiger partial charge in [-0.1, -0.05) is 17.7 Å². The molecule has 2 aromatic rings. The molecule has 1 fully saturated rings. The average molecular weight is 365 g/mol. The summed E-state index contributed by atoms with van der Waals surface area (Å²) >= 11 is 5.95. The maximum atomic E-state index is 13.7. The van der Waals surface area contributed by atoms with E-state index in [9.17, 15) is 14.0 Å². The molecule has 1 aliphatic rings. The number of furan rings is 1. The summed E-state index contributed by atoms with van der Waals surface area (Å²) in [5, 5.41) is 3.13. The first kappa shape index (κ1) is 17.5. The van der Waals surface area contributed by atoms with Crippen molar-refractivity contribution in [3.63, 3.8) is 0 Å². The Balaban J connectivity index is 1.50. The van der Waals surface area contributed by atoms with E-state index in [2.05, 4.69) is 5.32 Å². The molecule has 3 rings (SSSR count). The number of piperidine rings is 1. The average Bonchev–Trinajstić information content (AvgIpc) is 3.13. The van der Waals surface area contributed by atoms with Gasteiger partial charge in [-0.3, -0.25) is 9.59 Å². The molecule has 2 amide bonds. The van der Waals surface area contributed by atoms with Crippen LogP contribution in [0.25, 0.3) is 0 Å². The predicted molar refractivity (Wildman–Crippen MR) is 90.9 cm³/mol. The maximum absolute atomic E-state index is 13.7. The summed E-state index contributed by atoms with van der Waals surface area (Å²) in [6.07, 6.45) is 2.65. The third kappa shape index (κ3) is 4.20. The van der Waals surface area contributed by atoms with Crippen LogP contribution in [0.1, 0.15) is 29.0 Å². The molecule has 5 nitrogen and oxygen atoms in total. The maximum Gasteiger partial charge on any atom is 0.289 e. The molecular formula is C18H18ClFN2O3. The number of likely N-dealkylation sites (tertiary alicyclic amines) is 1. The lowest BCUT2D eigenvalue weighted by atomic mass is 10.0. The molecule has 132 valence electrons. The third-order valence-corrected chi connectivity index (χ3v) is 4.63. The van der Waals surface area contributed by atoms with E-state index in [1.807, 2.05) is 0 Å². The fourth-order valence-corrected chi connectivity index (χ4v) is 3.15. The van der Waals surface area contributed by atoms with Crippen LogP contribution in [-0.4, -0.2) is 35.8 Å². The first-order chi connectivity index (χ1) is 12.0. The van der Waals surface area contributed by atoms with Crippen molar-refractivity contribution in [2.24, 2.45) is 0 Å². The lowest BCUT2D eigenvalue weighted by molar-refractivity contribution is -0.121. The van der Waals surface area contributed by atoms with Crippen LogP contribution >= 0.6 is 11.6 Å². The van der Waals surface area contributed by atoms with Gasteiger partial charge in [0.05, 0.1) is 12.7 Å². The second kappa shape index (κ2) is 7.70. The minimum absolute atomic E-state index is 0.0429. The first-order valence-corrected chi connectivity index (χ1v) is 8.47. The molecule has 1 aliphatic heterocycles. The Hall–Kier alpha value is -2.34. The molecule has 0 spiro atoms. The molecule has 7 heteroatoms. The Morgan fingerprint density at radius 2 is 2.00 bits per heavy atom. The van der Waals surface area contributed by atoms with Gasteiger partial charge >= 0.3 is 0 Å². The third-order valence-electron chi connectivity index (χ3n) is 4.28. The van der Waals surface area contributed by atoms with Crippen molar-refractivity contribution in [1.82, 2.24) is 10.2 Å². The van der Waals surface area contributed by atoms with E-state index in [-0.39, 0.29) is 34.9 Å². The Bertz CT molecular complexity index is 735. The minimum Gasteiger partial charge on any atom is -0.459 e. The highest BCUT2D eigenvalue weighted by Crippen LogP contribution is 2.20. The number of nitrogens with one attached hydrogen (secondary N) is 1. The van der Waals surface area contributed by atoms with Crippen LogP contribution in [0.15, 0.2) is 41.0 Å². The van der Waals surface area contributed by atoms with Crippen molar-refractivity contribution in [3.8, 4) is 0 Å². The number of carbonyl (C=O) groups is 2. The summed E-state index contributed by atoms with van der Waals surface area (Å²) in [5.74, 6) is -0.589. The van der Waals surface area contributed by atoms with Crippen LogP contribution in [0.3, 0.4) is 0 Å². The summed E-state index contributed by atoms with van der Waals surface area (Å²) in [7, 11) is 0. The van der Waals surface area contributed by atoms with Crippen molar-refractivity contribution >= 4 is 23.4 Å². The molecule has 1 aromatic carbocycles. The zero-order valence-electron chi connectivity index (χ0n) is 13.5. The highest BCUT2D eigenvalue weighted by Gasteiger charge is 2.26. The molecule has 1 saturated heterocycles. The van der Waals surface area contributed by atoms with Crippen LogP contribution in [-0.2, 0) is 11.2 Å². The molecule has 1 N–H and O–H groups in total. The van der Waals surface area contributed by atoms with Gasteiger partial charge in [-0.2, -0.15) is 0 Å². The minimum atomic E-state index is -0.485. The zero-order chi connectivity index (χ0) is 17.8. The van der Waals surface area contributed by atoms with Crippen LogP contribution in [0.4, 0.5) is 4.39 Å². The van der Waals surface area contributed by atoms with Gasteiger partial charge in [0.2, 0.25) is 5.91 Å². The molecular weight excluding hydrogens is 347 g/mol. The van der Waals surface area contributed by atoms with Gasteiger partial charge in [0.15, 0.2) is 5.76 Å². The molecule has 1 aromatic heterocycles.